The van der Waals surface area contributed by atoms with Crippen LogP contribution in [0.1, 0.15) is 22.1 Å². The molecule has 6 nitrogen and oxygen atoms in total. The fourth-order valence-corrected chi connectivity index (χ4v) is 4.57. The smallest absolute Gasteiger partial charge is 0.264 e. The standard InChI is InChI=1S/C20H19N3O3S/c24-20(22-9-6-15(13-22)23-8-1-7-21-23)19-5-4-18(27-19)14-2-3-16-17(12-14)26-11-10-25-16/h1-5,7-8,12,15H,6,9-11,13H2. The Balaban J connectivity index is 1.32. The minimum atomic E-state index is 0.0958. The van der Waals surface area contributed by atoms with E-state index >= 15 is 0 Å². The maximum atomic E-state index is 12.9. The van der Waals surface area contributed by atoms with E-state index in [9.17, 15) is 4.79 Å². The number of fused-ring (bicyclic) bond motifs is 1. The van der Waals surface area contributed by atoms with Crippen molar-refractivity contribution in [2.75, 3.05) is 26.3 Å². The second-order valence-electron chi connectivity index (χ2n) is 6.70. The monoisotopic (exact) mass is 381 g/mol. The average Bonchev–Trinajstić information content (AvgIpc) is 3.48. The molecule has 1 aromatic carbocycles. The van der Waals surface area contributed by atoms with E-state index in [1.165, 1.54) is 11.3 Å². The van der Waals surface area contributed by atoms with E-state index < -0.39 is 0 Å². The van der Waals surface area contributed by atoms with Gasteiger partial charge in [-0.3, -0.25) is 9.48 Å². The maximum Gasteiger partial charge on any atom is 0.264 e. The van der Waals surface area contributed by atoms with Gasteiger partial charge in [-0.05, 0) is 48.4 Å². The van der Waals surface area contributed by atoms with Crippen LogP contribution in [0, 0.1) is 0 Å². The summed E-state index contributed by atoms with van der Waals surface area (Å²) in [5, 5.41) is 4.30. The molecule has 138 valence electrons. The lowest BCUT2D eigenvalue weighted by Gasteiger charge is -2.18. The maximum absolute atomic E-state index is 12.9. The molecule has 1 atom stereocenters. The molecule has 0 saturated carbocycles. The third-order valence-electron chi connectivity index (χ3n) is 4.99. The van der Waals surface area contributed by atoms with Crippen molar-refractivity contribution in [2.45, 2.75) is 12.5 Å². The molecule has 2 aromatic heterocycles. The molecule has 4 heterocycles. The molecule has 2 aliphatic heterocycles. The number of likely N-dealkylation sites (tertiary alicyclic amines) is 1. The highest BCUT2D eigenvalue weighted by molar-refractivity contribution is 7.17. The molecule has 1 amide bonds. The van der Waals surface area contributed by atoms with Gasteiger partial charge in [-0.25, -0.2) is 0 Å². The van der Waals surface area contributed by atoms with Gasteiger partial charge in [0.05, 0.1) is 10.9 Å². The van der Waals surface area contributed by atoms with Crippen LogP contribution in [0.5, 0.6) is 11.5 Å². The van der Waals surface area contributed by atoms with Gasteiger partial charge in [0.2, 0.25) is 0 Å². The summed E-state index contributed by atoms with van der Waals surface area (Å²) in [6, 6.07) is 12.0. The first-order valence-electron chi connectivity index (χ1n) is 9.06. The quantitative estimate of drug-likeness (QED) is 0.697. The number of nitrogens with zero attached hydrogens (tertiary/aromatic N) is 3. The topological polar surface area (TPSA) is 56.6 Å². The Morgan fingerprint density at radius 3 is 2.89 bits per heavy atom. The van der Waals surface area contributed by atoms with Crippen molar-refractivity contribution >= 4 is 17.2 Å². The minimum absolute atomic E-state index is 0.0958. The van der Waals surface area contributed by atoms with Crippen LogP contribution in [0.15, 0.2) is 48.8 Å². The summed E-state index contributed by atoms with van der Waals surface area (Å²) in [5.74, 6) is 1.64. The fraction of sp³-hybridized carbons (Fsp3) is 0.300. The van der Waals surface area contributed by atoms with Crippen LogP contribution in [0.25, 0.3) is 10.4 Å². The number of carbonyl (C=O) groups is 1. The predicted molar refractivity (Wildman–Crippen MR) is 103 cm³/mol. The van der Waals surface area contributed by atoms with E-state index in [0.717, 1.165) is 39.8 Å². The van der Waals surface area contributed by atoms with Gasteiger partial charge in [-0.2, -0.15) is 5.10 Å². The molecule has 0 bridgehead atoms. The second kappa shape index (κ2) is 6.74. The van der Waals surface area contributed by atoms with Crippen LogP contribution in [0.4, 0.5) is 0 Å². The minimum Gasteiger partial charge on any atom is -0.486 e. The highest BCUT2D eigenvalue weighted by Crippen LogP contribution is 2.37. The van der Waals surface area contributed by atoms with Gasteiger partial charge in [0.1, 0.15) is 13.2 Å². The lowest BCUT2D eigenvalue weighted by atomic mass is 10.1. The zero-order chi connectivity index (χ0) is 18.2. The summed E-state index contributed by atoms with van der Waals surface area (Å²) < 4.78 is 13.2. The normalized spacial score (nSPS) is 18.7. The SMILES string of the molecule is O=C(c1ccc(-c2ccc3c(c2)OCCO3)s1)N1CCC(n2cccn2)C1. The van der Waals surface area contributed by atoms with E-state index in [-0.39, 0.29) is 11.9 Å². The van der Waals surface area contributed by atoms with Crippen molar-refractivity contribution in [1.29, 1.82) is 0 Å². The Morgan fingerprint density at radius 1 is 1.15 bits per heavy atom. The van der Waals surface area contributed by atoms with E-state index in [1.54, 1.807) is 6.20 Å². The zero-order valence-corrected chi connectivity index (χ0v) is 15.5. The molecule has 2 aliphatic rings. The Kier molecular flexibility index (Phi) is 4.09. The van der Waals surface area contributed by atoms with E-state index in [0.29, 0.717) is 19.8 Å². The average molecular weight is 381 g/mol. The summed E-state index contributed by atoms with van der Waals surface area (Å²) in [5.41, 5.74) is 1.04. The molecule has 3 aromatic rings. The van der Waals surface area contributed by atoms with Gasteiger partial charge < -0.3 is 14.4 Å². The Bertz CT molecular complexity index is 967. The van der Waals surface area contributed by atoms with Gasteiger partial charge in [-0.15, -0.1) is 11.3 Å². The van der Waals surface area contributed by atoms with Crippen LogP contribution < -0.4 is 9.47 Å². The van der Waals surface area contributed by atoms with Gasteiger partial charge in [-0.1, -0.05) is 0 Å². The van der Waals surface area contributed by atoms with Crippen LogP contribution in [-0.2, 0) is 0 Å². The predicted octanol–water partition coefficient (Wildman–Crippen LogP) is 3.47. The first-order chi connectivity index (χ1) is 13.3. The molecule has 1 fully saturated rings. The molecule has 5 rings (SSSR count). The largest absolute Gasteiger partial charge is 0.486 e. The summed E-state index contributed by atoms with van der Waals surface area (Å²) in [7, 11) is 0. The number of hydrogen-bond acceptors (Lipinski definition) is 5. The van der Waals surface area contributed by atoms with E-state index in [2.05, 4.69) is 5.10 Å². The van der Waals surface area contributed by atoms with Gasteiger partial charge in [0, 0.05) is 30.4 Å². The molecule has 1 saturated heterocycles. The van der Waals surface area contributed by atoms with Crippen molar-refractivity contribution in [3.05, 3.63) is 53.7 Å². The molecule has 0 N–H and O–H groups in total. The first-order valence-corrected chi connectivity index (χ1v) is 9.88. The van der Waals surface area contributed by atoms with E-state index in [4.69, 9.17) is 9.47 Å². The first kappa shape index (κ1) is 16.4. The molecular weight excluding hydrogens is 362 g/mol. The number of amides is 1. The number of ether oxygens (including phenoxy) is 2. The lowest BCUT2D eigenvalue weighted by Crippen LogP contribution is -2.28. The van der Waals surface area contributed by atoms with Gasteiger partial charge in [0.15, 0.2) is 11.5 Å². The fourth-order valence-electron chi connectivity index (χ4n) is 3.60. The zero-order valence-electron chi connectivity index (χ0n) is 14.7. The van der Waals surface area contributed by atoms with E-state index in [1.807, 2.05) is 52.2 Å². The van der Waals surface area contributed by atoms with Gasteiger partial charge in [0.25, 0.3) is 5.91 Å². The Hall–Kier alpha value is -2.80. The molecule has 0 spiro atoms. The van der Waals surface area contributed by atoms with Crippen LogP contribution in [0.2, 0.25) is 0 Å². The Labute approximate surface area is 160 Å². The number of hydrogen-bond donors (Lipinski definition) is 0. The van der Waals surface area contributed by atoms with Crippen molar-refractivity contribution in [3.63, 3.8) is 0 Å². The highest BCUT2D eigenvalue weighted by atomic mass is 32.1. The van der Waals surface area contributed by atoms with Crippen LogP contribution >= 0.6 is 11.3 Å². The molecule has 7 heteroatoms. The second-order valence-corrected chi connectivity index (χ2v) is 7.79. The third kappa shape index (κ3) is 3.08. The molecule has 27 heavy (non-hydrogen) atoms. The summed E-state index contributed by atoms with van der Waals surface area (Å²) in [6.07, 6.45) is 4.68. The highest BCUT2D eigenvalue weighted by Gasteiger charge is 2.29. The summed E-state index contributed by atoms with van der Waals surface area (Å²) >= 11 is 1.52. The number of benzene rings is 1. The number of carbonyl (C=O) groups excluding carboxylic acids is 1. The summed E-state index contributed by atoms with van der Waals surface area (Å²) in [4.78, 5) is 16.6. The number of rotatable bonds is 3. The van der Waals surface area contributed by atoms with Crippen molar-refractivity contribution in [2.24, 2.45) is 0 Å². The molecule has 1 unspecified atom stereocenters. The number of aromatic nitrogens is 2. The van der Waals surface area contributed by atoms with Crippen molar-refractivity contribution < 1.29 is 14.3 Å². The molecule has 0 aliphatic carbocycles. The van der Waals surface area contributed by atoms with Crippen LogP contribution in [0.3, 0.4) is 0 Å². The van der Waals surface area contributed by atoms with Crippen molar-refractivity contribution in [1.82, 2.24) is 14.7 Å². The molecule has 0 radical (unpaired) electrons. The number of thiophene rings is 1. The van der Waals surface area contributed by atoms with Crippen LogP contribution in [-0.4, -0.2) is 46.9 Å². The Morgan fingerprint density at radius 2 is 2.04 bits per heavy atom. The lowest BCUT2D eigenvalue weighted by molar-refractivity contribution is 0.0792. The van der Waals surface area contributed by atoms with Gasteiger partial charge >= 0.3 is 0 Å². The summed E-state index contributed by atoms with van der Waals surface area (Å²) in [6.45, 7) is 2.62. The third-order valence-corrected chi connectivity index (χ3v) is 6.12. The molecular formula is C20H19N3O3S. The van der Waals surface area contributed by atoms with Crippen molar-refractivity contribution in [3.8, 4) is 21.9 Å².